The van der Waals surface area contributed by atoms with Crippen LogP contribution in [0.4, 0.5) is 5.82 Å². The van der Waals surface area contributed by atoms with E-state index in [0.29, 0.717) is 63.8 Å². The van der Waals surface area contributed by atoms with Crippen LogP contribution in [0.25, 0.3) is 5.65 Å². The van der Waals surface area contributed by atoms with Crippen molar-refractivity contribution in [3.05, 3.63) is 18.0 Å². The number of carbonyl (C=O) groups is 1. The number of methoxy groups -OCH3 is 1. The second-order valence-corrected chi connectivity index (χ2v) is 5.52. The SMILES string of the molecule is COCCNc1ccc2nnc(CCC(=O)N3CCOCC3)n2n1. The molecule has 0 aliphatic carbocycles. The monoisotopic (exact) mass is 334 g/mol. The van der Waals surface area contributed by atoms with E-state index < -0.39 is 0 Å². The number of aryl methyl sites for hydroxylation is 1. The highest BCUT2D eigenvalue weighted by molar-refractivity contribution is 5.76. The van der Waals surface area contributed by atoms with Gasteiger partial charge in [0.25, 0.3) is 0 Å². The fraction of sp³-hybridized carbons (Fsp3) is 0.600. The van der Waals surface area contributed by atoms with Gasteiger partial charge in [-0.15, -0.1) is 15.3 Å². The van der Waals surface area contributed by atoms with Crippen molar-refractivity contribution >= 4 is 17.4 Å². The van der Waals surface area contributed by atoms with Gasteiger partial charge in [0, 0.05) is 39.6 Å². The highest BCUT2D eigenvalue weighted by Gasteiger charge is 2.18. The number of anilines is 1. The van der Waals surface area contributed by atoms with Crippen molar-refractivity contribution in [3.8, 4) is 0 Å². The van der Waals surface area contributed by atoms with Crippen LogP contribution in [0.3, 0.4) is 0 Å². The second kappa shape index (κ2) is 8.02. The smallest absolute Gasteiger partial charge is 0.223 e. The highest BCUT2D eigenvalue weighted by atomic mass is 16.5. The minimum Gasteiger partial charge on any atom is -0.383 e. The Labute approximate surface area is 139 Å². The number of hydrogen-bond acceptors (Lipinski definition) is 7. The van der Waals surface area contributed by atoms with Crippen LogP contribution in [0.5, 0.6) is 0 Å². The summed E-state index contributed by atoms with van der Waals surface area (Å²) in [7, 11) is 1.65. The number of carbonyl (C=O) groups excluding carboxylic acids is 1. The first-order chi connectivity index (χ1) is 11.8. The average Bonchev–Trinajstić information content (AvgIpc) is 3.03. The third kappa shape index (κ3) is 3.98. The number of aromatic nitrogens is 4. The normalized spacial score (nSPS) is 15.0. The van der Waals surface area contributed by atoms with Crippen LogP contribution in [0.2, 0.25) is 0 Å². The van der Waals surface area contributed by atoms with Crippen molar-refractivity contribution in [1.29, 1.82) is 0 Å². The van der Waals surface area contributed by atoms with Gasteiger partial charge in [-0.1, -0.05) is 0 Å². The van der Waals surface area contributed by atoms with Crippen molar-refractivity contribution in [2.75, 3.05) is 51.9 Å². The molecule has 9 nitrogen and oxygen atoms in total. The molecule has 0 bridgehead atoms. The topological polar surface area (TPSA) is 93.9 Å². The zero-order chi connectivity index (χ0) is 16.8. The Bertz CT molecular complexity index is 683. The molecule has 9 heteroatoms. The lowest BCUT2D eigenvalue weighted by Crippen LogP contribution is -2.40. The average molecular weight is 334 g/mol. The number of ether oxygens (including phenoxy) is 2. The van der Waals surface area contributed by atoms with Crippen LogP contribution in [0.1, 0.15) is 12.2 Å². The maximum absolute atomic E-state index is 12.2. The Hall–Kier alpha value is -2.26. The lowest BCUT2D eigenvalue weighted by molar-refractivity contribution is -0.135. The fourth-order valence-corrected chi connectivity index (χ4v) is 2.55. The van der Waals surface area contributed by atoms with Gasteiger partial charge in [0.05, 0.1) is 19.8 Å². The van der Waals surface area contributed by atoms with E-state index >= 15 is 0 Å². The summed E-state index contributed by atoms with van der Waals surface area (Å²) < 4.78 is 12.0. The fourth-order valence-electron chi connectivity index (χ4n) is 2.55. The molecule has 2 aromatic rings. The molecule has 0 aromatic carbocycles. The molecular weight excluding hydrogens is 312 g/mol. The van der Waals surface area contributed by atoms with Gasteiger partial charge in [-0.05, 0) is 12.1 Å². The van der Waals surface area contributed by atoms with Crippen molar-refractivity contribution in [1.82, 2.24) is 24.7 Å². The van der Waals surface area contributed by atoms with Crippen molar-refractivity contribution in [2.45, 2.75) is 12.8 Å². The van der Waals surface area contributed by atoms with Crippen molar-refractivity contribution in [3.63, 3.8) is 0 Å². The number of nitrogens with one attached hydrogen (secondary N) is 1. The molecule has 1 aliphatic rings. The zero-order valence-electron chi connectivity index (χ0n) is 13.8. The van der Waals surface area contributed by atoms with Gasteiger partial charge in [0.2, 0.25) is 5.91 Å². The summed E-state index contributed by atoms with van der Waals surface area (Å²) in [6.45, 7) is 3.80. The quantitative estimate of drug-likeness (QED) is 0.711. The summed E-state index contributed by atoms with van der Waals surface area (Å²) in [6.07, 6.45) is 0.898. The van der Waals surface area contributed by atoms with E-state index in [2.05, 4.69) is 20.6 Å². The van der Waals surface area contributed by atoms with Crippen molar-refractivity contribution in [2.24, 2.45) is 0 Å². The van der Waals surface area contributed by atoms with Crippen LogP contribution < -0.4 is 5.32 Å². The third-order valence-corrected chi connectivity index (χ3v) is 3.87. The van der Waals surface area contributed by atoms with E-state index in [1.807, 2.05) is 17.0 Å². The molecule has 0 atom stereocenters. The molecule has 1 fully saturated rings. The second-order valence-electron chi connectivity index (χ2n) is 5.52. The maximum atomic E-state index is 12.2. The molecular formula is C15H22N6O3. The minimum atomic E-state index is 0.115. The molecule has 130 valence electrons. The summed E-state index contributed by atoms with van der Waals surface area (Å²) in [6, 6.07) is 3.70. The zero-order valence-corrected chi connectivity index (χ0v) is 13.8. The number of fused-ring (bicyclic) bond motifs is 1. The van der Waals surface area contributed by atoms with E-state index in [0.717, 1.165) is 5.82 Å². The summed E-state index contributed by atoms with van der Waals surface area (Å²) in [5.74, 6) is 1.52. The Kier molecular flexibility index (Phi) is 5.55. The molecule has 1 N–H and O–H groups in total. The number of morpholine rings is 1. The standard InChI is InChI=1S/C15H22N6O3/c1-23-9-6-16-12-2-3-13-17-18-14(21(13)19-12)4-5-15(22)20-7-10-24-11-8-20/h2-3H,4-11H2,1H3,(H,16,19). The molecule has 3 heterocycles. The molecule has 3 rings (SSSR count). The number of rotatable bonds is 7. The van der Waals surface area contributed by atoms with E-state index in [-0.39, 0.29) is 5.91 Å². The number of nitrogens with zero attached hydrogens (tertiary/aromatic N) is 5. The van der Waals surface area contributed by atoms with E-state index in [1.165, 1.54) is 0 Å². The summed E-state index contributed by atoms with van der Waals surface area (Å²) in [4.78, 5) is 14.1. The lowest BCUT2D eigenvalue weighted by atomic mass is 10.2. The Morgan fingerprint density at radius 3 is 2.96 bits per heavy atom. The molecule has 1 amide bonds. The van der Waals surface area contributed by atoms with E-state index in [1.54, 1.807) is 11.6 Å². The predicted octanol–water partition coefficient (Wildman–Crippen LogP) is -0.0260. The number of hydrogen-bond donors (Lipinski definition) is 1. The Morgan fingerprint density at radius 2 is 2.17 bits per heavy atom. The largest absolute Gasteiger partial charge is 0.383 e. The van der Waals surface area contributed by atoms with E-state index in [9.17, 15) is 4.79 Å². The van der Waals surface area contributed by atoms with Gasteiger partial charge in [-0.2, -0.15) is 4.52 Å². The van der Waals surface area contributed by atoms with Crippen LogP contribution in [-0.4, -0.2) is 77.2 Å². The first-order valence-electron chi connectivity index (χ1n) is 8.07. The molecule has 0 saturated carbocycles. The lowest BCUT2D eigenvalue weighted by Gasteiger charge is -2.26. The molecule has 0 unspecified atom stereocenters. The first-order valence-corrected chi connectivity index (χ1v) is 8.07. The van der Waals surface area contributed by atoms with Gasteiger partial charge < -0.3 is 19.7 Å². The highest BCUT2D eigenvalue weighted by Crippen LogP contribution is 2.10. The van der Waals surface area contributed by atoms with Crippen LogP contribution in [0.15, 0.2) is 12.1 Å². The molecule has 2 aromatic heterocycles. The molecule has 0 radical (unpaired) electrons. The number of amides is 1. The van der Waals surface area contributed by atoms with Crippen LogP contribution in [-0.2, 0) is 20.7 Å². The predicted molar refractivity (Wildman–Crippen MR) is 86.9 cm³/mol. The maximum Gasteiger partial charge on any atom is 0.223 e. The van der Waals surface area contributed by atoms with Crippen LogP contribution >= 0.6 is 0 Å². The minimum absolute atomic E-state index is 0.115. The third-order valence-electron chi connectivity index (χ3n) is 3.87. The van der Waals surface area contributed by atoms with Crippen LogP contribution in [0, 0.1) is 0 Å². The van der Waals surface area contributed by atoms with Gasteiger partial charge >= 0.3 is 0 Å². The van der Waals surface area contributed by atoms with Gasteiger partial charge in [0.1, 0.15) is 5.82 Å². The van der Waals surface area contributed by atoms with Gasteiger partial charge in [-0.3, -0.25) is 4.79 Å². The van der Waals surface area contributed by atoms with Gasteiger partial charge in [0.15, 0.2) is 11.5 Å². The summed E-state index contributed by atoms with van der Waals surface area (Å²) in [5.41, 5.74) is 0.668. The Balaban J connectivity index is 1.63. The van der Waals surface area contributed by atoms with E-state index in [4.69, 9.17) is 9.47 Å². The molecule has 1 aliphatic heterocycles. The first kappa shape index (κ1) is 16.6. The van der Waals surface area contributed by atoms with Gasteiger partial charge in [-0.25, -0.2) is 0 Å². The summed E-state index contributed by atoms with van der Waals surface area (Å²) in [5, 5.41) is 15.9. The Morgan fingerprint density at radius 1 is 1.33 bits per heavy atom. The van der Waals surface area contributed by atoms with Crippen molar-refractivity contribution < 1.29 is 14.3 Å². The summed E-state index contributed by atoms with van der Waals surface area (Å²) >= 11 is 0. The molecule has 1 saturated heterocycles. The molecule has 0 spiro atoms. The molecule has 24 heavy (non-hydrogen) atoms.